The summed E-state index contributed by atoms with van der Waals surface area (Å²) in [4.78, 5) is 0. The zero-order chi connectivity index (χ0) is 11.0. The summed E-state index contributed by atoms with van der Waals surface area (Å²) in [5.41, 5.74) is 2.59. The number of benzene rings is 1. The fraction of sp³-hybridized carbons (Fsp3) is 0.538. The number of fused-ring (bicyclic) bond motifs is 4. The van der Waals surface area contributed by atoms with Crippen molar-refractivity contribution in [3.8, 4) is 0 Å². The molecular weight excluding hydrogens is 202 g/mol. The third-order valence-corrected chi connectivity index (χ3v) is 3.49. The van der Waals surface area contributed by atoms with Gasteiger partial charge < -0.3 is 14.8 Å². The van der Waals surface area contributed by atoms with Crippen LogP contribution in [0.2, 0.25) is 0 Å². The molecule has 1 fully saturated rings. The highest BCUT2D eigenvalue weighted by Gasteiger charge is 2.38. The van der Waals surface area contributed by atoms with E-state index in [2.05, 4.69) is 29.6 Å². The summed E-state index contributed by atoms with van der Waals surface area (Å²) < 4.78 is 11.6. The minimum atomic E-state index is -0.136. The van der Waals surface area contributed by atoms with Crippen molar-refractivity contribution in [2.45, 2.75) is 24.7 Å². The van der Waals surface area contributed by atoms with Crippen molar-refractivity contribution in [2.24, 2.45) is 0 Å². The summed E-state index contributed by atoms with van der Waals surface area (Å²) >= 11 is 0. The van der Waals surface area contributed by atoms with E-state index in [4.69, 9.17) is 9.47 Å². The van der Waals surface area contributed by atoms with Gasteiger partial charge in [-0.15, -0.1) is 0 Å². The van der Waals surface area contributed by atoms with Crippen molar-refractivity contribution in [2.75, 3.05) is 20.2 Å². The highest BCUT2D eigenvalue weighted by Crippen LogP contribution is 2.41. The molecule has 3 heteroatoms. The molecule has 0 spiro atoms. The maximum absolute atomic E-state index is 5.95. The molecule has 1 aromatic carbocycles. The zero-order valence-electron chi connectivity index (χ0n) is 9.48. The molecular formula is C13H17NO2. The molecule has 0 saturated carbocycles. The summed E-state index contributed by atoms with van der Waals surface area (Å²) in [5, 5.41) is 3.26. The minimum absolute atomic E-state index is 0.136. The smallest absolute Gasteiger partial charge is 0.184 e. The van der Waals surface area contributed by atoms with Crippen LogP contribution in [-0.2, 0) is 9.47 Å². The Morgan fingerprint density at radius 2 is 2.12 bits per heavy atom. The largest absolute Gasteiger partial charge is 0.348 e. The normalized spacial score (nSPS) is 32.2. The zero-order valence-corrected chi connectivity index (χ0v) is 9.48. The van der Waals surface area contributed by atoms with E-state index < -0.39 is 0 Å². The van der Waals surface area contributed by atoms with Crippen molar-refractivity contribution in [3.05, 3.63) is 35.4 Å². The number of hydrogen-bond donors (Lipinski definition) is 1. The molecule has 3 rings (SSSR count). The Bertz CT molecular complexity index is 380. The SMILES string of the molecule is CNC[C@@H]1c2ccccc2C2OCCC1O2. The lowest BCUT2D eigenvalue weighted by molar-refractivity contribution is -0.231. The molecule has 2 aliphatic heterocycles. The average molecular weight is 219 g/mol. The van der Waals surface area contributed by atoms with E-state index in [1.165, 1.54) is 11.1 Å². The van der Waals surface area contributed by atoms with Crippen LogP contribution in [0, 0.1) is 0 Å². The highest BCUT2D eigenvalue weighted by molar-refractivity contribution is 5.35. The first-order chi connectivity index (χ1) is 7.90. The van der Waals surface area contributed by atoms with Gasteiger partial charge in [-0.3, -0.25) is 0 Å². The monoisotopic (exact) mass is 219 g/mol. The van der Waals surface area contributed by atoms with Gasteiger partial charge in [0.15, 0.2) is 6.29 Å². The van der Waals surface area contributed by atoms with Crippen molar-refractivity contribution < 1.29 is 9.47 Å². The molecule has 0 radical (unpaired) electrons. The Balaban J connectivity index is 2.02. The van der Waals surface area contributed by atoms with Crippen molar-refractivity contribution in [3.63, 3.8) is 0 Å². The maximum atomic E-state index is 5.95. The van der Waals surface area contributed by atoms with Crippen molar-refractivity contribution >= 4 is 0 Å². The highest BCUT2D eigenvalue weighted by atomic mass is 16.7. The van der Waals surface area contributed by atoms with Crippen molar-refractivity contribution in [1.82, 2.24) is 5.32 Å². The number of rotatable bonds is 2. The quantitative estimate of drug-likeness (QED) is 0.823. The molecule has 1 aromatic rings. The molecule has 2 unspecified atom stereocenters. The van der Waals surface area contributed by atoms with Gasteiger partial charge in [0.2, 0.25) is 0 Å². The first-order valence-corrected chi connectivity index (χ1v) is 5.90. The van der Waals surface area contributed by atoms with Crippen LogP contribution < -0.4 is 5.32 Å². The molecule has 0 amide bonds. The van der Waals surface area contributed by atoms with Crippen LogP contribution in [0.5, 0.6) is 0 Å². The standard InChI is InChI=1S/C13H17NO2/c1-14-8-11-9-4-2-3-5-10(9)13-15-7-6-12(11)16-13/h2-5,11-14H,6-8H2,1H3/t11-,12?,13?/m1/s1. The lowest BCUT2D eigenvalue weighted by Crippen LogP contribution is -2.40. The van der Waals surface area contributed by atoms with Gasteiger partial charge >= 0.3 is 0 Å². The van der Waals surface area contributed by atoms with Crippen LogP contribution in [0.3, 0.4) is 0 Å². The summed E-state index contributed by atoms with van der Waals surface area (Å²) in [6, 6.07) is 8.47. The Morgan fingerprint density at radius 3 is 2.94 bits per heavy atom. The molecule has 2 bridgehead atoms. The van der Waals surface area contributed by atoms with E-state index in [9.17, 15) is 0 Å². The molecule has 3 nitrogen and oxygen atoms in total. The minimum Gasteiger partial charge on any atom is -0.348 e. The predicted molar refractivity (Wildman–Crippen MR) is 61.3 cm³/mol. The first kappa shape index (κ1) is 10.3. The molecule has 86 valence electrons. The van der Waals surface area contributed by atoms with E-state index in [1.807, 2.05) is 7.05 Å². The maximum Gasteiger partial charge on any atom is 0.184 e. The Kier molecular flexibility index (Phi) is 2.67. The van der Waals surface area contributed by atoms with Gasteiger partial charge in [0.1, 0.15) is 0 Å². The Hall–Kier alpha value is -0.900. The fourth-order valence-electron chi connectivity index (χ4n) is 2.74. The second-order valence-electron chi connectivity index (χ2n) is 4.46. The van der Waals surface area contributed by atoms with Crippen molar-refractivity contribution in [1.29, 1.82) is 0 Å². The second kappa shape index (κ2) is 4.17. The lowest BCUT2D eigenvalue weighted by Gasteiger charge is -2.41. The molecule has 1 N–H and O–H groups in total. The summed E-state index contributed by atoms with van der Waals surface area (Å²) in [6.45, 7) is 1.78. The molecule has 2 heterocycles. The van der Waals surface area contributed by atoms with Crippen LogP contribution in [0.25, 0.3) is 0 Å². The molecule has 1 saturated heterocycles. The summed E-state index contributed by atoms with van der Waals surface area (Å²) in [7, 11) is 1.99. The topological polar surface area (TPSA) is 30.5 Å². The van der Waals surface area contributed by atoms with E-state index in [0.29, 0.717) is 12.0 Å². The van der Waals surface area contributed by atoms with Gasteiger partial charge in [-0.25, -0.2) is 0 Å². The Labute approximate surface area is 95.8 Å². The van der Waals surface area contributed by atoms with Gasteiger partial charge in [-0.1, -0.05) is 24.3 Å². The van der Waals surface area contributed by atoms with Gasteiger partial charge in [0.05, 0.1) is 12.7 Å². The number of nitrogens with one attached hydrogen (secondary N) is 1. The number of hydrogen-bond acceptors (Lipinski definition) is 3. The number of ether oxygens (including phenoxy) is 2. The Morgan fingerprint density at radius 1 is 1.31 bits per heavy atom. The van der Waals surface area contributed by atoms with Crippen LogP contribution in [-0.4, -0.2) is 26.3 Å². The first-order valence-electron chi connectivity index (χ1n) is 5.90. The van der Waals surface area contributed by atoms with E-state index in [1.54, 1.807) is 0 Å². The van der Waals surface area contributed by atoms with E-state index >= 15 is 0 Å². The number of likely N-dealkylation sites (N-methyl/N-ethyl adjacent to an activating group) is 1. The molecule has 16 heavy (non-hydrogen) atoms. The molecule has 0 aromatic heterocycles. The van der Waals surface area contributed by atoms with E-state index in [0.717, 1.165) is 19.6 Å². The molecule has 2 aliphatic rings. The third kappa shape index (κ3) is 1.56. The van der Waals surface area contributed by atoms with E-state index in [-0.39, 0.29) is 6.29 Å². The second-order valence-corrected chi connectivity index (χ2v) is 4.46. The summed E-state index contributed by atoms with van der Waals surface area (Å²) in [6.07, 6.45) is 1.17. The lowest BCUT2D eigenvalue weighted by atomic mass is 9.84. The predicted octanol–water partition coefficient (Wildman–Crippen LogP) is 1.81. The third-order valence-electron chi connectivity index (χ3n) is 3.49. The van der Waals surface area contributed by atoms with Gasteiger partial charge in [-0.05, 0) is 19.0 Å². The van der Waals surface area contributed by atoms with Gasteiger partial charge in [0.25, 0.3) is 0 Å². The van der Waals surface area contributed by atoms with Crippen LogP contribution in [0.1, 0.15) is 29.8 Å². The van der Waals surface area contributed by atoms with Gasteiger partial charge in [-0.2, -0.15) is 0 Å². The molecule has 3 atom stereocenters. The fourth-order valence-corrected chi connectivity index (χ4v) is 2.74. The van der Waals surface area contributed by atoms with Crippen LogP contribution in [0.4, 0.5) is 0 Å². The summed E-state index contributed by atoms with van der Waals surface area (Å²) in [5.74, 6) is 0.460. The van der Waals surface area contributed by atoms with Gasteiger partial charge in [0, 0.05) is 18.0 Å². The van der Waals surface area contributed by atoms with Crippen LogP contribution >= 0.6 is 0 Å². The van der Waals surface area contributed by atoms with Crippen LogP contribution in [0.15, 0.2) is 24.3 Å². The molecule has 0 aliphatic carbocycles. The average Bonchev–Trinajstić information content (AvgIpc) is 2.35.